The molecule has 4 aliphatic heterocycles. The van der Waals surface area contributed by atoms with Crippen LogP contribution in [0.25, 0.3) is 0 Å². The normalized spacial score (nSPS) is 37.5. The Hall–Kier alpha value is -0.810. The minimum atomic E-state index is -0.779. The van der Waals surface area contributed by atoms with E-state index in [0.717, 1.165) is 58.3 Å². The maximum absolute atomic E-state index is 13.8. The summed E-state index contributed by atoms with van der Waals surface area (Å²) in [6.07, 6.45) is 9.43. The number of alkyl halides is 1. The van der Waals surface area contributed by atoms with Crippen LogP contribution in [-0.2, 0) is 4.79 Å². The first kappa shape index (κ1) is 31.1. The Morgan fingerprint density at radius 3 is 2.54 bits per heavy atom. The third kappa shape index (κ3) is 7.93. The lowest BCUT2D eigenvalue weighted by atomic mass is 9.73. The SMILES string of the molecule is CC[C@]1(C)CCC(Cl)/C=N\C(C(C(=O)NC2CNCCC2N2CCC(N3CCC(N(C)C)C3)CC2)C(N)N)C1. The summed E-state index contributed by atoms with van der Waals surface area (Å²) in [5.74, 6) is -0.653. The predicted molar refractivity (Wildman–Crippen MR) is 161 cm³/mol. The summed E-state index contributed by atoms with van der Waals surface area (Å²) in [4.78, 5) is 26.3. The smallest absolute Gasteiger partial charge is 0.228 e. The van der Waals surface area contributed by atoms with Crippen LogP contribution in [0, 0.1) is 11.3 Å². The van der Waals surface area contributed by atoms with Gasteiger partial charge >= 0.3 is 0 Å². The molecule has 0 spiro atoms. The largest absolute Gasteiger partial charge is 0.350 e. The molecule has 0 aromatic rings. The van der Waals surface area contributed by atoms with Gasteiger partial charge in [-0.3, -0.25) is 19.6 Å². The van der Waals surface area contributed by atoms with E-state index in [2.05, 4.69) is 53.3 Å². The van der Waals surface area contributed by atoms with Crippen molar-refractivity contribution in [2.45, 2.75) is 107 Å². The van der Waals surface area contributed by atoms with Crippen molar-refractivity contribution < 1.29 is 4.79 Å². The van der Waals surface area contributed by atoms with Crippen LogP contribution in [0.15, 0.2) is 4.99 Å². The standard InChI is InChI=1S/C29H55ClN8O/c1-5-29(2)11-6-20(30)17-34-23(16-29)26(27(31)32)28(39)35-24-18-33-12-7-25(24)37-13-8-21(9-14-37)38-15-10-22(19-38)36(3)4/h17,20-27,33H,5-16,18-19,31-32H2,1-4H3,(H,35,39)/b34-17-/t20?,22?,23?,24?,25?,26?,29-/m1/s1. The van der Waals surface area contributed by atoms with Crippen LogP contribution in [0.5, 0.6) is 0 Å². The molecule has 7 atom stereocenters. The summed E-state index contributed by atoms with van der Waals surface area (Å²) in [5.41, 5.74) is 12.6. The quantitative estimate of drug-likeness (QED) is 0.259. The molecule has 1 amide bonds. The Labute approximate surface area is 241 Å². The van der Waals surface area contributed by atoms with Crippen molar-refractivity contribution in [1.29, 1.82) is 0 Å². The van der Waals surface area contributed by atoms with Crippen molar-refractivity contribution in [3.05, 3.63) is 0 Å². The van der Waals surface area contributed by atoms with E-state index >= 15 is 0 Å². The molecule has 0 bridgehead atoms. The van der Waals surface area contributed by atoms with Gasteiger partial charge in [0.05, 0.1) is 29.5 Å². The van der Waals surface area contributed by atoms with Gasteiger partial charge in [0, 0.05) is 57.1 Å². The van der Waals surface area contributed by atoms with Gasteiger partial charge in [0.2, 0.25) is 5.91 Å². The Morgan fingerprint density at radius 2 is 1.90 bits per heavy atom. The summed E-state index contributed by atoms with van der Waals surface area (Å²) in [6.45, 7) is 10.8. The molecule has 4 heterocycles. The molecule has 0 aromatic carbocycles. The first-order valence-corrected chi connectivity index (χ1v) is 15.9. The number of nitrogens with zero attached hydrogens (tertiary/aromatic N) is 4. The first-order valence-electron chi connectivity index (χ1n) is 15.4. The molecule has 9 nitrogen and oxygen atoms in total. The van der Waals surface area contributed by atoms with Gasteiger partial charge in [-0.15, -0.1) is 11.6 Å². The molecule has 4 aliphatic rings. The maximum Gasteiger partial charge on any atom is 0.228 e. The third-order valence-corrected chi connectivity index (χ3v) is 10.7. The summed E-state index contributed by atoms with van der Waals surface area (Å²) in [7, 11) is 4.40. The number of hydrogen-bond acceptors (Lipinski definition) is 8. The van der Waals surface area contributed by atoms with Crippen molar-refractivity contribution in [2.24, 2.45) is 27.8 Å². The fourth-order valence-electron chi connectivity index (χ4n) is 7.38. The van der Waals surface area contributed by atoms with E-state index in [9.17, 15) is 4.79 Å². The number of halogens is 1. The topological polar surface area (TPSA) is 115 Å². The first-order chi connectivity index (χ1) is 18.6. The highest BCUT2D eigenvalue weighted by Gasteiger charge is 2.41. The second kappa shape index (κ2) is 13.9. The zero-order valence-corrected chi connectivity index (χ0v) is 25.6. The second-order valence-electron chi connectivity index (χ2n) is 13.2. The number of aliphatic imine (C=N–C) groups is 1. The van der Waals surface area contributed by atoms with Crippen LogP contribution in [0.4, 0.5) is 0 Å². The lowest BCUT2D eigenvalue weighted by Crippen LogP contribution is -2.64. The summed E-state index contributed by atoms with van der Waals surface area (Å²) >= 11 is 6.51. The average Bonchev–Trinajstić information content (AvgIpc) is 3.41. The van der Waals surface area contributed by atoms with Gasteiger partial charge in [-0.25, -0.2) is 0 Å². The molecule has 3 fully saturated rings. The van der Waals surface area contributed by atoms with Crippen molar-refractivity contribution in [3.63, 3.8) is 0 Å². The number of likely N-dealkylation sites (N-methyl/N-ethyl adjacent to an activating group) is 1. The molecule has 3 saturated heterocycles. The Morgan fingerprint density at radius 1 is 1.18 bits per heavy atom. The number of nitrogens with one attached hydrogen (secondary N) is 2. The molecule has 4 rings (SSSR count). The van der Waals surface area contributed by atoms with Gasteiger partial charge < -0.3 is 27.0 Å². The van der Waals surface area contributed by atoms with Crippen molar-refractivity contribution in [3.8, 4) is 0 Å². The fraction of sp³-hybridized carbons (Fsp3) is 0.931. The van der Waals surface area contributed by atoms with Crippen LogP contribution in [0.2, 0.25) is 0 Å². The summed E-state index contributed by atoms with van der Waals surface area (Å²) in [6, 6.07) is 1.45. The van der Waals surface area contributed by atoms with Crippen molar-refractivity contribution in [1.82, 2.24) is 25.3 Å². The molecule has 0 aromatic heterocycles. The van der Waals surface area contributed by atoms with E-state index in [1.54, 1.807) is 6.21 Å². The van der Waals surface area contributed by atoms with Crippen molar-refractivity contribution >= 4 is 23.7 Å². The van der Waals surface area contributed by atoms with Crippen LogP contribution >= 0.6 is 11.6 Å². The molecule has 6 N–H and O–H groups in total. The molecule has 10 heteroatoms. The van der Waals surface area contributed by atoms with Crippen LogP contribution < -0.4 is 22.1 Å². The van der Waals surface area contributed by atoms with Gasteiger partial charge in [0.1, 0.15) is 0 Å². The number of nitrogens with two attached hydrogens (primary N) is 2. The molecule has 6 unspecified atom stereocenters. The molecular formula is C29H55ClN8O. The van der Waals surface area contributed by atoms with E-state index in [4.69, 9.17) is 28.1 Å². The summed E-state index contributed by atoms with van der Waals surface area (Å²) in [5, 5.41) is 6.78. The lowest BCUT2D eigenvalue weighted by Gasteiger charge is -2.45. The zero-order chi connectivity index (χ0) is 28.2. The molecule has 39 heavy (non-hydrogen) atoms. The maximum atomic E-state index is 13.8. The number of carbonyl (C=O) groups is 1. The van der Waals surface area contributed by atoms with Crippen LogP contribution in [0.3, 0.4) is 0 Å². The predicted octanol–water partition coefficient (Wildman–Crippen LogP) is 1.44. The highest BCUT2D eigenvalue weighted by atomic mass is 35.5. The minimum Gasteiger partial charge on any atom is -0.350 e. The molecule has 224 valence electrons. The van der Waals surface area contributed by atoms with E-state index in [1.807, 2.05) is 0 Å². The molecule has 0 radical (unpaired) electrons. The number of amides is 1. The Bertz CT molecular complexity index is 819. The van der Waals surface area contributed by atoms with Gasteiger partial charge in [0.15, 0.2) is 0 Å². The van der Waals surface area contributed by atoms with E-state index in [-0.39, 0.29) is 28.8 Å². The number of piperidine rings is 2. The van der Waals surface area contributed by atoms with E-state index in [0.29, 0.717) is 18.1 Å². The molecule has 0 aliphatic carbocycles. The lowest BCUT2D eigenvalue weighted by molar-refractivity contribution is -0.128. The third-order valence-electron chi connectivity index (χ3n) is 10.3. The molecular weight excluding hydrogens is 512 g/mol. The fourth-order valence-corrected chi connectivity index (χ4v) is 7.56. The number of carbonyl (C=O) groups excluding carboxylic acids is 1. The van der Waals surface area contributed by atoms with Gasteiger partial charge in [-0.1, -0.05) is 20.3 Å². The van der Waals surface area contributed by atoms with Gasteiger partial charge in [0.25, 0.3) is 0 Å². The van der Waals surface area contributed by atoms with Gasteiger partial charge in [-0.05, 0) is 71.0 Å². The van der Waals surface area contributed by atoms with Gasteiger partial charge in [-0.2, -0.15) is 0 Å². The number of rotatable bonds is 8. The number of likely N-dealkylation sites (tertiary alicyclic amines) is 2. The number of hydrogen-bond donors (Lipinski definition) is 4. The minimum absolute atomic E-state index is 0.0322. The average molecular weight is 567 g/mol. The van der Waals surface area contributed by atoms with Crippen molar-refractivity contribution in [2.75, 3.05) is 53.4 Å². The van der Waals surface area contributed by atoms with Crippen LogP contribution in [-0.4, -0.2) is 122 Å². The highest BCUT2D eigenvalue weighted by Crippen LogP contribution is 2.38. The Balaban J connectivity index is 1.39. The zero-order valence-electron chi connectivity index (χ0n) is 24.8. The second-order valence-corrected chi connectivity index (χ2v) is 13.8. The highest BCUT2D eigenvalue weighted by molar-refractivity contribution is 6.28. The molecule has 0 saturated carbocycles. The Kier molecular flexibility index (Phi) is 11.1. The van der Waals surface area contributed by atoms with Crippen LogP contribution in [0.1, 0.15) is 65.2 Å². The van der Waals surface area contributed by atoms with E-state index in [1.165, 1.54) is 32.4 Å². The monoisotopic (exact) mass is 566 g/mol. The summed E-state index contributed by atoms with van der Waals surface area (Å²) < 4.78 is 0. The van der Waals surface area contributed by atoms with E-state index < -0.39 is 12.1 Å².